The van der Waals surface area contributed by atoms with Gasteiger partial charge in [-0.3, -0.25) is 4.90 Å². The van der Waals surface area contributed by atoms with E-state index in [1.165, 1.54) is 22.3 Å². The van der Waals surface area contributed by atoms with E-state index in [-0.39, 0.29) is 24.8 Å². The van der Waals surface area contributed by atoms with Crippen molar-refractivity contribution in [2.75, 3.05) is 33.4 Å². The van der Waals surface area contributed by atoms with Gasteiger partial charge in [-0.05, 0) is 30.2 Å². The maximum atomic E-state index is 5.55. The Bertz CT molecular complexity index is 674. The molecule has 3 rings (SSSR count). The molecule has 0 amide bonds. The number of hydrogen-bond donors (Lipinski definition) is 1. The zero-order chi connectivity index (χ0) is 17.5. The smallest absolute Gasteiger partial charge is 0.123 e. The molecule has 0 atom stereocenters. The van der Waals surface area contributed by atoms with Crippen molar-refractivity contribution < 1.29 is 9.47 Å². The SMILES string of the molecule is COc1ccc(CNCc2ccc(C)cc2)cc1CN1CCOCC1.Cl.Cl. The minimum Gasteiger partial charge on any atom is -0.496 e. The third kappa shape index (κ3) is 7.32. The van der Waals surface area contributed by atoms with Gasteiger partial charge in [0.1, 0.15) is 5.75 Å². The van der Waals surface area contributed by atoms with Crippen molar-refractivity contribution in [1.82, 2.24) is 10.2 Å². The van der Waals surface area contributed by atoms with Crippen LogP contribution in [0.5, 0.6) is 5.75 Å². The molecule has 4 nitrogen and oxygen atoms in total. The van der Waals surface area contributed by atoms with E-state index in [2.05, 4.69) is 59.6 Å². The summed E-state index contributed by atoms with van der Waals surface area (Å²) in [5, 5.41) is 3.53. The molecule has 1 aliphatic heterocycles. The van der Waals surface area contributed by atoms with Gasteiger partial charge in [0.2, 0.25) is 0 Å². The van der Waals surface area contributed by atoms with Crippen molar-refractivity contribution in [3.05, 3.63) is 64.7 Å². The van der Waals surface area contributed by atoms with Crippen molar-refractivity contribution in [2.45, 2.75) is 26.6 Å². The van der Waals surface area contributed by atoms with Gasteiger partial charge in [-0.1, -0.05) is 35.9 Å². The Morgan fingerprint density at radius 1 is 0.963 bits per heavy atom. The Morgan fingerprint density at radius 3 is 2.26 bits per heavy atom. The maximum Gasteiger partial charge on any atom is 0.123 e. The number of nitrogens with one attached hydrogen (secondary N) is 1. The quantitative estimate of drug-likeness (QED) is 0.745. The van der Waals surface area contributed by atoms with Crippen LogP contribution >= 0.6 is 24.8 Å². The van der Waals surface area contributed by atoms with E-state index >= 15 is 0 Å². The van der Waals surface area contributed by atoms with Gasteiger partial charge in [-0.25, -0.2) is 0 Å². The zero-order valence-electron chi connectivity index (χ0n) is 16.1. The van der Waals surface area contributed by atoms with Gasteiger partial charge >= 0.3 is 0 Å². The van der Waals surface area contributed by atoms with Gasteiger partial charge in [0, 0.05) is 38.3 Å². The Hall–Kier alpha value is -1.30. The number of morpholine rings is 1. The van der Waals surface area contributed by atoms with Crippen LogP contribution in [0.3, 0.4) is 0 Å². The molecule has 150 valence electrons. The Labute approximate surface area is 175 Å². The van der Waals surface area contributed by atoms with Crippen molar-refractivity contribution >= 4 is 24.8 Å². The first-order chi connectivity index (χ1) is 12.2. The highest BCUT2D eigenvalue weighted by atomic mass is 35.5. The summed E-state index contributed by atoms with van der Waals surface area (Å²) in [5.74, 6) is 0.966. The summed E-state index contributed by atoms with van der Waals surface area (Å²) in [4.78, 5) is 2.42. The highest BCUT2D eigenvalue weighted by molar-refractivity contribution is 5.85. The molecule has 0 spiro atoms. The van der Waals surface area contributed by atoms with Crippen LogP contribution in [0.4, 0.5) is 0 Å². The fourth-order valence-corrected chi connectivity index (χ4v) is 3.12. The molecular formula is C21H30Cl2N2O2. The second-order valence-electron chi connectivity index (χ2n) is 6.62. The van der Waals surface area contributed by atoms with Crippen molar-refractivity contribution in [3.63, 3.8) is 0 Å². The topological polar surface area (TPSA) is 33.7 Å². The molecular weight excluding hydrogens is 383 g/mol. The monoisotopic (exact) mass is 412 g/mol. The van der Waals surface area contributed by atoms with Gasteiger partial charge in [0.15, 0.2) is 0 Å². The minimum atomic E-state index is 0. The number of benzene rings is 2. The van der Waals surface area contributed by atoms with Crippen LogP contribution in [0.2, 0.25) is 0 Å². The van der Waals surface area contributed by atoms with Gasteiger partial charge < -0.3 is 14.8 Å². The first-order valence-electron chi connectivity index (χ1n) is 8.97. The van der Waals surface area contributed by atoms with E-state index in [1.807, 2.05) is 0 Å². The second kappa shape index (κ2) is 12.2. The van der Waals surface area contributed by atoms with E-state index in [1.54, 1.807) is 7.11 Å². The summed E-state index contributed by atoms with van der Waals surface area (Å²) >= 11 is 0. The molecule has 0 saturated carbocycles. The molecule has 1 heterocycles. The number of aryl methyl sites for hydroxylation is 1. The van der Waals surface area contributed by atoms with E-state index in [0.717, 1.165) is 51.7 Å². The van der Waals surface area contributed by atoms with E-state index in [9.17, 15) is 0 Å². The lowest BCUT2D eigenvalue weighted by atomic mass is 10.1. The molecule has 1 fully saturated rings. The predicted octanol–water partition coefficient (Wildman–Crippen LogP) is 3.97. The maximum absolute atomic E-state index is 5.55. The van der Waals surface area contributed by atoms with Gasteiger partial charge in [-0.2, -0.15) is 0 Å². The van der Waals surface area contributed by atoms with E-state index in [0.29, 0.717) is 0 Å². The molecule has 0 aromatic heterocycles. The number of rotatable bonds is 7. The third-order valence-electron chi connectivity index (χ3n) is 4.62. The van der Waals surface area contributed by atoms with Crippen molar-refractivity contribution in [1.29, 1.82) is 0 Å². The molecule has 0 aliphatic carbocycles. The largest absolute Gasteiger partial charge is 0.496 e. The highest BCUT2D eigenvalue weighted by Crippen LogP contribution is 2.22. The number of methoxy groups -OCH3 is 1. The second-order valence-corrected chi connectivity index (χ2v) is 6.62. The number of hydrogen-bond acceptors (Lipinski definition) is 4. The molecule has 0 radical (unpaired) electrons. The van der Waals surface area contributed by atoms with Gasteiger partial charge in [-0.15, -0.1) is 24.8 Å². The number of ether oxygens (including phenoxy) is 2. The molecule has 0 unspecified atom stereocenters. The summed E-state index contributed by atoms with van der Waals surface area (Å²) in [7, 11) is 1.74. The first-order valence-corrected chi connectivity index (χ1v) is 8.97. The number of halogens is 2. The summed E-state index contributed by atoms with van der Waals surface area (Å²) in [6.07, 6.45) is 0. The first kappa shape index (κ1) is 23.7. The molecule has 1 N–H and O–H groups in total. The third-order valence-corrected chi connectivity index (χ3v) is 4.62. The average Bonchev–Trinajstić information content (AvgIpc) is 2.64. The molecule has 27 heavy (non-hydrogen) atoms. The fraction of sp³-hybridized carbons (Fsp3) is 0.429. The van der Waals surface area contributed by atoms with Crippen LogP contribution in [0, 0.1) is 6.92 Å². The Balaban J connectivity index is 0.00000182. The lowest BCUT2D eigenvalue weighted by molar-refractivity contribution is 0.0339. The summed E-state index contributed by atoms with van der Waals surface area (Å²) < 4.78 is 11.0. The van der Waals surface area contributed by atoms with Crippen LogP contribution in [0.1, 0.15) is 22.3 Å². The van der Waals surface area contributed by atoms with Crippen LogP contribution in [0.25, 0.3) is 0 Å². The molecule has 2 aromatic carbocycles. The normalized spacial score (nSPS) is 14.1. The van der Waals surface area contributed by atoms with Crippen molar-refractivity contribution in [3.8, 4) is 5.75 Å². The van der Waals surface area contributed by atoms with Gasteiger partial charge in [0.25, 0.3) is 0 Å². The lowest BCUT2D eigenvalue weighted by Crippen LogP contribution is -2.35. The summed E-state index contributed by atoms with van der Waals surface area (Å²) in [6.45, 7) is 8.38. The average molecular weight is 413 g/mol. The predicted molar refractivity (Wildman–Crippen MR) is 115 cm³/mol. The summed E-state index contributed by atoms with van der Waals surface area (Å²) in [5.41, 5.74) is 5.15. The van der Waals surface area contributed by atoms with Crippen LogP contribution in [-0.4, -0.2) is 38.3 Å². The van der Waals surface area contributed by atoms with Crippen LogP contribution in [0.15, 0.2) is 42.5 Å². The zero-order valence-corrected chi connectivity index (χ0v) is 17.7. The highest BCUT2D eigenvalue weighted by Gasteiger charge is 2.13. The molecule has 1 aliphatic rings. The molecule has 6 heteroatoms. The van der Waals surface area contributed by atoms with E-state index < -0.39 is 0 Å². The van der Waals surface area contributed by atoms with Crippen molar-refractivity contribution in [2.24, 2.45) is 0 Å². The fourth-order valence-electron chi connectivity index (χ4n) is 3.12. The minimum absolute atomic E-state index is 0. The van der Waals surface area contributed by atoms with E-state index in [4.69, 9.17) is 9.47 Å². The standard InChI is InChI=1S/C21H28N2O2.2ClH/c1-17-3-5-18(6-4-17)14-22-15-19-7-8-21(24-2)20(13-19)16-23-9-11-25-12-10-23;;/h3-8,13,22H,9-12,14-16H2,1-2H3;2*1H. The summed E-state index contributed by atoms with van der Waals surface area (Å²) in [6, 6.07) is 15.2. The molecule has 1 saturated heterocycles. The number of nitrogens with zero attached hydrogens (tertiary/aromatic N) is 1. The molecule has 2 aromatic rings. The van der Waals surface area contributed by atoms with Gasteiger partial charge in [0.05, 0.1) is 20.3 Å². The molecule has 0 bridgehead atoms. The van der Waals surface area contributed by atoms with Crippen LogP contribution in [-0.2, 0) is 24.4 Å². The lowest BCUT2D eigenvalue weighted by Gasteiger charge is -2.27. The Morgan fingerprint density at radius 2 is 1.59 bits per heavy atom. The van der Waals surface area contributed by atoms with Crippen LogP contribution < -0.4 is 10.1 Å². The Kier molecular flexibility index (Phi) is 10.7.